The molecule has 1 aromatic heterocycles. The van der Waals surface area contributed by atoms with Gasteiger partial charge in [-0.3, -0.25) is 4.79 Å². The van der Waals surface area contributed by atoms with Crippen molar-refractivity contribution in [3.63, 3.8) is 0 Å². The van der Waals surface area contributed by atoms with Gasteiger partial charge in [-0.05, 0) is 61.6 Å². The smallest absolute Gasteiger partial charge is 0.254 e. The Morgan fingerprint density at radius 1 is 0.966 bits per heavy atom. The van der Waals surface area contributed by atoms with Gasteiger partial charge >= 0.3 is 0 Å². The summed E-state index contributed by atoms with van der Waals surface area (Å²) < 4.78 is 45.0. The molecule has 2 aromatic carbocycles. The minimum absolute atomic E-state index is 0.0906. The monoisotopic (exact) mass is 397 g/mol. The molecular weight excluding hydrogens is 379 g/mol. The molecular formula is C22H18F3N3O. The van der Waals surface area contributed by atoms with Gasteiger partial charge in [-0.15, -0.1) is 0 Å². The summed E-state index contributed by atoms with van der Waals surface area (Å²) in [7, 11) is 0. The largest absolute Gasteiger partial charge is 0.365 e. The van der Waals surface area contributed by atoms with Crippen LogP contribution in [0.15, 0.2) is 36.4 Å². The number of benzene rings is 2. The number of carbonyl (C=O) groups excluding carboxylic acids is 1. The predicted octanol–water partition coefficient (Wildman–Crippen LogP) is 4.81. The fourth-order valence-electron chi connectivity index (χ4n) is 3.70. The summed E-state index contributed by atoms with van der Waals surface area (Å²) in [6.45, 7) is 0. The molecule has 5 rings (SSSR count). The van der Waals surface area contributed by atoms with E-state index in [9.17, 15) is 13.6 Å². The highest BCUT2D eigenvalue weighted by molar-refractivity contribution is 5.95. The number of nitrogens with zero attached hydrogens (tertiary/aromatic N) is 2. The van der Waals surface area contributed by atoms with Crippen LogP contribution in [0.1, 0.15) is 59.3 Å². The van der Waals surface area contributed by atoms with E-state index >= 15 is 4.39 Å². The van der Waals surface area contributed by atoms with Gasteiger partial charge in [-0.1, -0.05) is 6.07 Å². The summed E-state index contributed by atoms with van der Waals surface area (Å²) in [5.74, 6) is -3.08. The summed E-state index contributed by atoms with van der Waals surface area (Å²) in [6, 6.07) is 8.43. The lowest BCUT2D eigenvalue weighted by atomic mass is 10.0. The Bertz CT molecular complexity index is 1150. The SMILES string of the molecule is NC(=O)c1c(F)ccc(-c2ccc(-n3nc(C4CC4)cc3C3CC3)c(F)c2)c1F. The number of halogens is 3. The maximum atomic E-state index is 15.0. The summed E-state index contributed by atoms with van der Waals surface area (Å²) in [5, 5.41) is 4.63. The lowest BCUT2D eigenvalue weighted by Gasteiger charge is -2.11. The zero-order valence-electron chi connectivity index (χ0n) is 15.5. The molecule has 0 aliphatic heterocycles. The van der Waals surface area contributed by atoms with E-state index in [0.29, 0.717) is 17.5 Å². The maximum absolute atomic E-state index is 15.0. The lowest BCUT2D eigenvalue weighted by molar-refractivity contribution is 0.0992. The summed E-state index contributed by atoms with van der Waals surface area (Å²) in [4.78, 5) is 11.4. The van der Waals surface area contributed by atoms with Crippen LogP contribution in [0.25, 0.3) is 16.8 Å². The minimum atomic E-state index is -1.21. The van der Waals surface area contributed by atoms with Crippen molar-refractivity contribution >= 4 is 5.91 Å². The zero-order valence-corrected chi connectivity index (χ0v) is 15.5. The Labute approximate surface area is 165 Å². The van der Waals surface area contributed by atoms with Crippen molar-refractivity contribution in [3.8, 4) is 16.8 Å². The molecule has 2 aliphatic rings. The van der Waals surface area contributed by atoms with Gasteiger partial charge in [0.25, 0.3) is 5.91 Å². The normalized spacial score (nSPS) is 16.2. The van der Waals surface area contributed by atoms with Crippen molar-refractivity contribution in [3.05, 3.63) is 70.8 Å². The Morgan fingerprint density at radius 3 is 2.31 bits per heavy atom. The fraction of sp³-hybridized carbons (Fsp3) is 0.273. The average Bonchev–Trinajstić information content (AvgIpc) is 3.60. The molecule has 0 spiro atoms. The molecule has 148 valence electrons. The number of nitrogens with two attached hydrogens (primary N) is 1. The number of aromatic nitrogens is 2. The second-order valence-electron chi connectivity index (χ2n) is 7.77. The van der Waals surface area contributed by atoms with Gasteiger partial charge in [-0.2, -0.15) is 5.10 Å². The highest BCUT2D eigenvalue weighted by Crippen LogP contribution is 2.45. The van der Waals surface area contributed by atoms with E-state index in [1.54, 1.807) is 4.68 Å². The van der Waals surface area contributed by atoms with Crippen LogP contribution >= 0.6 is 0 Å². The zero-order chi connectivity index (χ0) is 20.3. The number of amides is 1. The van der Waals surface area contributed by atoms with Crippen LogP contribution in [0.4, 0.5) is 13.2 Å². The van der Waals surface area contributed by atoms with Crippen molar-refractivity contribution in [1.82, 2.24) is 9.78 Å². The topological polar surface area (TPSA) is 60.9 Å². The molecule has 0 unspecified atom stereocenters. The van der Waals surface area contributed by atoms with Crippen LogP contribution in [0.5, 0.6) is 0 Å². The molecule has 7 heteroatoms. The molecule has 1 heterocycles. The van der Waals surface area contributed by atoms with E-state index in [4.69, 9.17) is 5.73 Å². The summed E-state index contributed by atoms with van der Waals surface area (Å²) in [5.41, 5.74) is 6.62. The van der Waals surface area contributed by atoms with E-state index in [2.05, 4.69) is 11.2 Å². The number of hydrogen-bond acceptors (Lipinski definition) is 2. The highest BCUT2D eigenvalue weighted by atomic mass is 19.1. The molecule has 0 bridgehead atoms. The number of carbonyl (C=O) groups is 1. The molecule has 29 heavy (non-hydrogen) atoms. The molecule has 2 N–H and O–H groups in total. The molecule has 2 saturated carbocycles. The van der Waals surface area contributed by atoms with Crippen molar-refractivity contribution in [1.29, 1.82) is 0 Å². The first kappa shape index (κ1) is 18.0. The summed E-state index contributed by atoms with van der Waals surface area (Å²) >= 11 is 0. The quantitative estimate of drug-likeness (QED) is 0.672. The van der Waals surface area contributed by atoms with E-state index in [1.807, 2.05) is 0 Å². The Morgan fingerprint density at radius 2 is 1.69 bits per heavy atom. The second kappa shape index (κ2) is 6.47. The Hall–Kier alpha value is -3.09. The van der Waals surface area contributed by atoms with E-state index in [0.717, 1.165) is 43.1 Å². The number of rotatable bonds is 5. The van der Waals surface area contributed by atoms with Crippen LogP contribution in [-0.2, 0) is 0 Å². The van der Waals surface area contributed by atoms with Gasteiger partial charge < -0.3 is 5.73 Å². The van der Waals surface area contributed by atoms with Crippen molar-refractivity contribution < 1.29 is 18.0 Å². The third-order valence-electron chi connectivity index (χ3n) is 5.57. The lowest BCUT2D eigenvalue weighted by Crippen LogP contribution is -2.16. The molecule has 0 saturated heterocycles. The molecule has 1 amide bonds. The summed E-state index contributed by atoms with van der Waals surface area (Å²) in [6.07, 6.45) is 4.33. The van der Waals surface area contributed by atoms with Gasteiger partial charge in [0.05, 0.1) is 5.69 Å². The number of hydrogen-bond donors (Lipinski definition) is 1. The molecule has 0 radical (unpaired) electrons. The standard InChI is InChI=1S/C22H18F3N3O/c23-15-7-6-14(21(25)20(15)22(26)29)13-5-8-18(16(24)9-13)28-19(12-3-4-12)10-17(27-28)11-1-2-11/h5-12H,1-4H2,(H2,26,29). The fourth-order valence-corrected chi connectivity index (χ4v) is 3.70. The van der Waals surface area contributed by atoms with E-state index in [1.165, 1.54) is 24.3 Å². The van der Waals surface area contributed by atoms with Crippen LogP contribution in [0.2, 0.25) is 0 Å². The molecule has 4 nitrogen and oxygen atoms in total. The third kappa shape index (κ3) is 3.10. The van der Waals surface area contributed by atoms with Crippen molar-refractivity contribution in [2.75, 3.05) is 0 Å². The van der Waals surface area contributed by atoms with Crippen LogP contribution in [-0.4, -0.2) is 15.7 Å². The molecule has 0 atom stereocenters. The van der Waals surface area contributed by atoms with E-state index < -0.39 is 28.9 Å². The molecule has 3 aromatic rings. The van der Waals surface area contributed by atoms with Crippen LogP contribution in [0.3, 0.4) is 0 Å². The first-order chi connectivity index (χ1) is 13.9. The van der Waals surface area contributed by atoms with E-state index in [-0.39, 0.29) is 11.1 Å². The predicted molar refractivity (Wildman–Crippen MR) is 101 cm³/mol. The second-order valence-corrected chi connectivity index (χ2v) is 7.77. The van der Waals surface area contributed by atoms with Crippen molar-refractivity contribution in [2.45, 2.75) is 37.5 Å². The first-order valence-electron chi connectivity index (χ1n) is 9.62. The minimum Gasteiger partial charge on any atom is -0.365 e. The number of primary amides is 1. The van der Waals surface area contributed by atoms with Gasteiger partial charge in [0.15, 0.2) is 0 Å². The van der Waals surface area contributed by atoms with Crippen LogP contribution in [0, 0.1) is 17.5 Å². The van der Waals surface area contributed by atoms with Crippen molar-refractivity contribution in [2.24, 2.45) is 5.73 Å². The Balaban J connectivity index is 1.57. The Kier molecular flexibility index (Phi) is 4.01. The van der Waals surface area contributed by atoms with Gasteiger partial charge in [0, 0.05) is 23.1 Å². The van der Waals surface area contributed by atoms with Gasteiger partial charge in [0.1, 0.15) is 28.7 Å². The highest BCUT2D eigenvalue weighted by Gasteiger charge is 2.33. The molecule has 2 fully saturated rings. The van der Waals surface area contributed by atoms with Gasteiger partial charge in [-0.25, -0.2) is 17.9 Å². The third-order valence-corrected chi connectivity index (χ3v) is 5.57. The van der Waals surface area contributed by atoms with Gasteiger partial charge in [0.2, 0.25) is 0 Å². The molecule has 2 aliphatic carbocycles. The first-order valence-corrected chi connectivity index (χ1v) is 9.62. The maximum Gasteiger partial charge on any atom is 0.254 e. The average molecular weight is 397 g/mol. The van der Waals surface area contributed by atoms with Crippen LogP contribution < -0.4 is 5.73 Å².